The number of ether oxygens (including phenoxy) is 2. The van der Waals surface area contributed by atoms with Crippen molar-refractivity contribution in [2.75, 3.05) is 12.4 Å². The topological polar surface area (TPSA) is 78.3 Å². The Kier molecular flexibility index (Phi) is 5.65. The van der Waals surface area contributed by atoms with E-state index in [9.17, 15) is 4.79 Å². The predicted octanol–water partition coefficient (Wildman–Crippen LogP) is 5.30. The predicted molar refractivity (Wildman–Crippen MR) is 124 cm³/mol. The number of hydrogen-bond acceptors (Lipinski definition) is 6. The molecule has 1 aliphatic carbocycles. The Labute approximate surface area is 198 Å². The van der Waals surface area contributed by atoms with Gasteiger partial charge < -0.3 is 14.8 Å². The molecule has 0 saturated carbocycles. The average molecular weight is 516 g/mol. The second kappa shape index (κ2) is 8.60. The number of benzene rings is 2. The third-order valence-electron chi connectivity index (χ3n) is 5.67. The first-order chi connectivity index (χ1) is 15.5. The van der Waals surface area contributed by atoms with Crippen molar-refractivity contribution in [2.24, 2.45) is 0 Å². The van der Waals surface area contributed by atoms with Crippen LogP contribution in [0.15, 0.2) is 58.5 Å². The van der Waals surface area contributed by atoms with Gasteiger partial charge in [-0.25, -0.2) is 4.68 Å². The lowest BCUT2D eigenvalue weighted by atomic mass is 9.85. The highest BCUT2D eigenvalue weighted by Crippen LogP contribution is 2.44. The molecule has 0 saturated heterocycles. The van der Waals surface area contributed by atoms with Crippen molar-refractivity contribution in [3.05, 3.63) is 74.6 Å². The van der Waals surface area contributed by atoms with Gasteiger partial charge in [-0.1, -0.05) is 23.7 Å². The second-order valence-electron chi connectivity index (χ2n) is 7.67. The van der Waals surface area contributed by atoms with E-state index in [1.807, 2.05) is 36.4 Å². The Morgan fingerprint density at radius 2 is 2.06 bits per heavy atom. The van der Waals surface area contributed by atoms with Crippen LogP contribution in [-0.4, -0.2) is 27.7 Å². The zero-order valence-electron chi connectivity index (χ0n) is 17.3. The zero-order chi connectivity index (χ0) is 22.2. The van der Waals surface area contributed by atoms with E-state index >= 15 is 0 Å². The number of anilines is 1. The highest BCUT2D eigenvalue weighted by Gasteiger charge is 2.36. The van der Waals surface area contributed by atoms with Crippen molar-refractivity contribution in [1.82, 2.24) is 14.8 Å². The first-order valence-corrected chi connectivity index (χ1v) is 11.4. The molecule has 1 aromatic heterocycles. The zero-order valence-corrected chi connectivity index (χ0v) is 19.6. The van der Waals surface area contributed by atoms with Gasteiger partial charge in [-0.3, -0.25) is 4.79 Å². The van der Waals surface area contributed by atoms with E-state index in [0.717, 1.165) is 39.7 Å². The molecule has 2 aromatic carbocycles. The fraction of sp³-hybridized carbons (Fsp3) is 0.261. The summed E-state index contributed by atoms with van der Waals surface area (Å²) >= 11 is 9.60. The lowest BCUT2D eigenvalue weighted by Crippen LogP contribution is -2.31. The molecule has 0 spiro atoms. The van der Waals surface area contributed by atoms with Gasteiger partial charge in [-0.15, -0.1) is 0 Å². The summed E-state index contributed by atoms with van der Waals surface area (Å²) in [6.45, 7) is 0.361. The van der Waals surface area contributed by atoms with Crippen LogP contribution >= 0.6 is 27.5 Å². The van der Waals surface area contributed by atoms with Crippen molar-refractivity contribution < 1.29 is 14.3 Å². The molecule has 9 heteroatoms. The largest absolute Gasteiger partial charge is 0.493 e. The number of allylic oxidation sites excluding steroid dienone is 2. The highest BCUT2D eigenvalue weighted by molar-refractivity contribution is 9.10. The molecular weight excluding hydrogens is 496 g/mol. The number of hydrogen-bond donors (Lipinski definition) is 1. The number of nitrogens with one attached hydrogen (secondary N) is 1. The van der Waals surface area contributed by atoms with Crippen molar-refractivity contribution >= 4 is 39.3 Å². The molecule has 1 unspecified atom stereocenters. The summed E-state index contributed by atoms with van der Waals surface area (Å²) in [6.07, 6.45) is 3.66. The fourth-order valence-corrected chi connectivity index (χ4v) is 4.88. The third kappa shape index (κ3) is 3.78. The molecule has 0 radical (unpaired) electrons. The molecule has 7 nitrogen and oxygen atoms in total. The summed E-state index contributed by atoms with van der Waals surface area (Å²) in [5.41, 5.74) is 3.51. The number of carbonyl (C=O) groups is 1. The van der Waals surface area contributed by atoms with E-state index < -0.39 is 0 Å². The number of halogens is 2. The van der Waals surface area contributed by atoms with Crippen LogP contribution in [0.5, 0.6) is 11.5 Å². The third-order valence-corrected chi connectivity index (χ3v) is 6.51. The standard InChI is InChI=1S/C23H20BrClN4O3/c1-31-19-10-14(9-16(24)22(19)32-11-13-5-7-15(25)8-6-13)21-20-17(3-2-4-18(20)30)28-23-26-12-27-29(21)23/h5-10,12,21H,2-4,11H2,1H3,(H,26,27,28). The van der Waals surface area contributed by atoms with Gasteiger partial charge in [0.15, 0.2) is 17.3 Å². The van der Waals surface area contributed by atoms with Crippen LogP contribution in [-0.2, 0) is 11.4 Å². The van der Waals surface area contributed by atoms with Crippen LogP contribution in [0.2, 0.25) is 5.02 Å². The quantitative estimate of drug-likeness (QED) is 0.497. The van der Waals surface area contributed by atoms with Crippen LogP contribution in [0.1, 0.15) is 36.4 Å². The van der Waals surface area contributed by atoms with Crippen molar-refractivity contribution in [3.63, 3.8) is 0 Å². The van der Waals surface area contributed by atoms with Crippen LogP contribution < -0.4 is 14.8 Å². The van der Waals surface area contributed by atoms with E-state index in [2.05, 4.69) is 31.3 Å². The fourth-order valence-electron chi connectivity index (χ4n) is 4.18. The maximum atomic E-state index is 12.9. The first kappa shape index (κ1) is 21.0. The molecule has 0 amide bonds. The van der Waals surface area contributed by atoms with Crippen LogP contribution in [0.3, 0.4) is 0 Å². The molecule has 1 atom stereocenters. The van der Waals surface area contributed by atoms with Gasteiger partial charge >= 0.3 is 0 Å². The molecule has 0 bridgehead atoms. The molecule has 5 rings (SSSR count). The molecule has 2 heterocycles. The van der Waals surface area contributed by atoms with E-state index in [0.29, 0.717) is 35.5 Å². The minimum atomic E-state index is -0.382. The smallest absolute Gasteiger partial charge is 0.226 e. The summed E-state index contributed by atoms with van der Waals surface area (Å²) < 4.78 is 14.2. The number of methoxy groups -OCH3 is 1. The van der Waals surface area contributed by atoms with E-state index in [1.54, 1.807) is 11.8 Å². The molecule has 3 aromatic rings. The molecular formula is C23H20BrClN4O3. The Hall–Kier alpha value is -2.84. The van der Waals surface area contributed by atoms with E-state index in [-0.39, 0.29) is 11.8 Å². The number of rotatable bonds is 5. The van der Waals surface area contributed by atoms with E-state index in [1.165, 1.54) is 6.33 Å². The minimum absolute atomic E-state index is 0.128. The van der Waals surface area contributed by atoms with Crippen LogP contribution in [0.25, 0.3) is 0 Å². The molecule has 32 heavy (non-hydrogen) atoms. The van der Waals surface area contributed by atoms with Crippen LogP contribution in [0.4, 0.5) is 5.95 Å². The minimum Gasteiger partial charge on any atom is -0.493 e. The summed E-state index contributed by atoms with van der Waals surface area (Å²) in [4.78, 5) is 17.2. The SMILES string of the molecule is COc1cc(C2C3=C(CCCC3=O)Nc3ncnn32)cc(Br)c1OCc1ccc(Cl)cc1. The normalized spacial score (nSPS) is 17.5. The van der Waals surface area contributed by atoms with E-state index in [4.69, 9.17) is 21.1 Å². The number of aromatic nitrogens is 3. The average Bonchev–Trinajstić information content (AvgIpc) is 3.26. The lowest BCUT2D eigenvalue weighted by Gasteiger charge is -2.32. The van der Waals surface area contributed by atoms with Gasteiger partial charge in [0.25, 0.3) is 0 Å². The number of Topliss-reactive ketones (excluding diaryl/α,β-unsaturated/α-hetero) is 1. The van der Waals surface area contributed by atoms with Gasteiger partial charge in [-0.05, 0) is 64.2 Å². The molecule has 164 valence electrons. The van der Waals surface area contributed by atoms with Gasteiger partial charge in [0.1, 0.15) is 19.0 Å². The molecule has 0 fully saturated rings. The number of ketones is 1. The van der Waals surface area contributed by atoms with Crippen molar-refractivity contribution in [1.29, 1.82) is 0 Å². The first-order valence-electron chi connectivity index (χ1n) is 10.2. The van der Waals surface area contributed by atoms with Crippen molar-refractivity contribution in [3.8, 4) is 11.5 Å². The van der Waals surface area contributed by atoms with Crippen molar-refractivity contribution in [2.45, 2.75) is 31.9 Å². The second-order valence-corrected chi connectivity index (χ2v) is 8.96. The summed E-state index contributed by atoms with van der Waals surface area (Å²) in [5, 5.41) is 8.34. The van der Waals surface area contributed by atoms with Crippen LogP contribution in [0, 0.1) is 0 Å². The van der Waals surface area contributed by atoms with Gasteiger partial charge in [0.05, 0.1) is 11.6 Å². The number of carbonyl (C=O) groups excluding carboxylic acids is 1. The summed E-state index contributed by atoms with van der Waals surface area (Å²) in [6, 6.07) is 11.0. The maximum Gasteiger partial charge on any atom is 0.226 e. The Morgan fingerprint density at radius 3 is 2.84 bits per heavy atom. The summed E-state index contributed by atoms with van der Waals surface area (Å²) in [5.74, 6) is 1.90. The lowest BCUT2D eigenvalue weighted by molar-refractivity contribution is -0.116. The summed E-state index contributed by atoms with van der Waals surface area (Å²) in [7, 11) is 1.60. The Bertz CT molecular complexity index is 1220. The number of nitrogens with zero attached hydrogens (tertiary/aromatic N) is 3. The van der Waals surface area contributed by atoms with Gasteiger partial charge in [-0.2, -0.15) is 10.1 Å². The van der Waals surface area contributed by atoms with Gasteiger partial charge in [0, 0.05) is 22.7 Å². The maximum absolute atomic E-state index is 12.9. The molecule has 1 aliphatic heterocycles. The highest BCUT2D eigenvalue weighted by atomic mass is 79.9. The Balaban J connectivity index is 1.53. The molecule has 2 aliphatic rings. The molecule has 1 N–H and O–H groups in total. The number of fused-ring (bicyclic) bond motifs is 1. The Morgan fingerprint density at radius 1 is 1.25 bits per heavy atom. The van der Waals surface area contributed by atoms with Gasteiger partial charge in [0.2, 0.25) is 5.95 Å². The monoisotopic (exact) mass is 514 g/mol.